The summed E-state index contributed by atoms with van der Waals surface area (Å²) >= 11 is 0. The van der Waals surface area contributed by atoms with Crippen molar-refractivity contribution in [1.29, 1.82) is 5.26 Å². The minimum atomic E-state index is 0.0701. The summed E-state index contributed by atoms with van der Waals surface area (Å²) in [4.78, 5) is 11.9. The van der Waals surface area contributed by atoms with Crippen LogP contribution in [-0.4, -0.2) is 5.78 Å². The largest absolute Gasteiger partial charge is 0.294 e. The van der Waals surface area contributed by atoms with Gasteiger partial charge in [-0.1, -0.05) is 42.5 Å². The van der Waals surface area contributed by atoms with Gasteiger partial charge in [0.25, 0.3) is 0 Å². The lowest BCUT2D eigenvalue weighted by atomic mass is 10.0. The predicted octanol–water partition coefficient (Wildman–Crippen LogP) is 2.98. The molecule has 0 aliphatic carbocycles. The van der Waals surface area contributed by atoms with E-state index in [1.54, 1.807) is 30.3 Å². The first-order valence-electron chi connectivity index (χ1n) is 5.37. The van der Waals surface area contributed by atoms with Crippen LogP contribution in [0.4, 0.5) is 0 Å². The van der Waals surface area contributed by atoms with Gasteiger partial charge in [0.2, 0.25) is 0 Å². The topological polar surface area (TPSA) is 40.9 Å². The molecule has 2 aromatic rings. The molecule has 0 spiro atoms. The zero-order chi connectivity index (χ0) is 12.1. The van der Waals surface area contributed by atoms with Gasteiger partial charge in [-0.15, -0.1) is 0 Å². The number of hydrogen-bond acceptors (Lipinski definition) is 2. The quantitative estimate of drug-likeness (QED) is 0.747. The van der Waals surface area contributed by atoms with Gasteiger partial charge in [0.15, 0.2) is 5.78 Å². The highest BCUT2D eigenvalue weighted by molar-refractivity contribution is 5.97. The molecule has 82 valence electrons. The summed E-state index contributed by atoms with van der Waals surface area (Å²) in [7, 11) is 0. The van der Waals surface area contributed by atoms with Crippen LogP contribution in [0.3, 0.4) is 0 Å². The van der Waals surface area contributed by atoms with E-state index in [-0.39, 0.29) is 5.78 Å². The molecule has 0 amide bonds. The number of benzene rings is 2. The van der Waals surface area contributed by atoms with Crippen LogP contribution in [0.5, 0.6) is 0 Å². The number of nitrogens with zero attached hydrogens (tertiary/aromatic N) is 1. The molecule has 2 rings (SSSR count). The van der Waals surface area contributed by atoms with Crippen molar-refractivity contribution in [1.82, 2.24) is 0 Å². The zero-order valence-electron chi connectivity index (χ0n) is 9.26. The van der Waals surface area contributed by atoms with E-state index < -0.39 is 0 Å². The SMILES string of the molecule is N#Cc1cccc(CC(=O)c2ccccc2)c1. The molecule has 0 radical (unpaired) electrons. The van der Waals surface area contributed by atoms with E-state index in [2.05, 4.69) is 6.07 Å². The number of ketones is 1. The second kappa shape index (κ2) is 5.09. The standard InChI is InChI=1S/C15H11NO/c16-11-13-6-4-5-12(9-13)10-15(17)14-7-2-1-3-8-14/h1-9H,10H2. The summed E-state index contributed by atoms with van der Waals surface area (Å²) in [6, 6.07) is 18.4. The van der Waals surface area contributed by atoms with E-state index in [1.807, 2.05) is 24.3 Å². The number of hydrogen-bond donors (Lipinski definition) is 0. The van der Waals surface area contributed by atoms with Gasteiger partial charge in [-0.2, -0.15) is 5.26 Å². The summed E-state index contributed by atoms with van der Waals surface area (Å²) in [5, 5.41) is 8.78. The first-order valence-corrected chi connectivity index (χ1v) is 5.37. The fourth-order valence-electron chi connectivity index (χ4n) is 1.66. The maximum atomic E-state index is 11.9. The number of Topliss-reactive ketones (excluding diaryl/α,β-unsaturated/α-hetero) is 1. The molecule has 0 atom stereocenters. The van der Waals surface area contributed by atoms with Crippen molar-refractivity contribution < 1.29 is 4.79 Å². The van der Waals surface area contributed by atoms with E-state index >= 15 is 0 Å². The van der Waals surface area contributed by atoms with Crippen LogP contribution < -0.4 is 0 Å². The fourth-order valence-corrected chi connectivity index (χ4v) is 1.66. The molecule has 2 heteroatoms. The van der Waals surface area contributed by atoms with Gasteiger partial charge >= 0.3 is 0 Å². The Morgan fingerprint density at radius 2 is 1.82 bits per heavy atom. The van der Waals surface area contributed by atoms with E-state index in [9.17, 15) is 4.79 Å². The van der Waals surface area contributed by atoms with Crippen LogP contribution in [0.2, 0.25) is 0 Å². The van der Waals surface area contributed by atoms with Gasteiger partial charge in [0.1, 0.15) is 0 Å². The highest BCUT2D eigenvalue weighted by Gasteiger charge is 2.06. The predicted molar refractivity (Wildman–Crippen MR) is 65.6 cm³/mol. The Morgan fingerprint density at radius 1 is 1.06 bits per heavy atom. The van der Waals surface area contributed by atoms with Crippen LogP contribution in [-0.2, 0) is 6.42 Å². The Bertz CT molecular complexity index is 567. The van der Waals surface area contributed by atoms with Gasteiger partial charge in [-0.3, -0.25) is 4.79 Å². The molecule has 2 aromatic carbocycles. The number of carbonyl (C=O) groups excluding carboxylic acids is 1. The van der Waals surface area contributed by atoms with E-state index in [1.165, 1.54) is 0 Å². The molecule has 0 saturated heterocycles. The molecule has 0 fully saturated rings. The lowest BCUT2D eigenvalue weighted by Gasteiger charge is -2.01. The first-order chi connectivity index (χ1) is 8.29. The van der Waals surface area contributed by atoms with Crippen molar-refractivity contribution in [3.05, 3.63) is 71.3 Å². The second-order valence-corrected chi connectivity index (χ2v) is 3.78. The van der Waals surface area contributed by atoms with Crippen LogP contribution in [0.1, 0.15) is 21.5 Å². The third-order valence-corrected chi connectivity index (χ3v) is 2.52. The second-order valence-electron chi connectivity index (χ2n) is 3.78. The number of nitriles is 1. The van der Waals surface area contributed by atoms with Crippen LogP contribution in [0.15, 0.2) is 54.6 Å². The third-order valence-electron chi connectivity index (χ3n) is 2.52. The van der Waals surface area contributed by atoms with Crippen molar-refractivity contribution in [2.75, 3.05) is 0 Å². The Hall–Kier alpha value is -2.40. The summed E-state index contributed by atoms with van der Waals surface area (Å²) in [5.41, 5.74) is 2.16. The number of rotatable bonds is 3. The van der Waals surface area contributed by atoms with Crippen LogP contribution >= 0.6 is 0 Å². The first kappa shape index (κ1) is 11.1. The highest BCUT2D eigenvalue weighted by atomic mass is 16.1. The molecule has 0 aliphatic heterocycles. The lowest BCUT2D eigenvalue weighted by molar-refractivity contribution is 0.0993. The van der Waals surface area contributed by atoms with Crippen molar-refractivity contribution in [3.8, 4) is 6.07 Å². The summed E-state index contributed by atoms with van der Waals surface area (Å²) < 4.78 is 0. The maximum absolute atomic E-state index is 11.9. The molecule has 0 N–H and O–H groups in total. The number of carbonyl (C=O) groups is 1. The molecule has 17 heavy (non-hydrogen) atoms. The van der Waals surface area contributed by atoms with Gasteiger partial charge in [-0.25, -0.2) is 0 Å². The van der Waals surface area contributed by atoms with Crippen molar-refractivity contribution >= 4 is 5.78 Å². The Balaban J connectivity index is 2.17. The van der Waals surface area contributed by atoms with Crippen molar-refractivity contribution in [2.45, 2.75) is 6.42 Å². The van der Waals surface area contributed by atoms with Gasteiger partial charge in [0.05, 0.1) is 11.6 Å². The third kappa shape index (κ3) is 2.79. The highest BCUT2D eigenvalue weighted by Crippen LogP contribution is 2.09. The Labute approximate surface area is 100 Å². The Kier molecular flexibility index (Phi) is 3.32. The average molecular weight is 221 g/mol. The smallest absolute Gasteiger partial charge is 0.167 e. The summed E-state index contributed by atoms with van der Waals surface area (Å²) in [5.74, 6) is 0.0701. The lowest BCUT2D eigenvalue weighted by Crippen LogP contribution is -2.03. The summed E-state index contributed by atoms with van der Waals surface area (Å²) in [6.45, 7) is 0. The van der Waals surface area contributed by atoms with Crippen LogP contribution in [0, 0.1) is 11.3 Å². The minimum absolute atomic E-state index is 0.0701. The minimum Gasteiger partial charge on any atom is -0.294 e. The van der Waals surface area contributed by atoms with Gasteiger partial charge in [0, 0.05) is 12.0 Å². The van der Waals surface area contributed by atoms with E-state index in [0.29, 0.717) is 17.5 Å². The molecule has 0 saturated carbocycles. The monoisotopic (exact) mass is 221 g/mol. The Morgan fingerprint density at radius 3 is 2.53 bits per heavy atom. The molecule has 0 heterocycles. The molecular formula is C15H11NO. The van der Waals surface area contributed by atoms with Crippen molar-refractivity contribution in [2.24, 2.45) is 0 Å². The normalized spacial score (nSPS) is 9.59. The van der Waals surface area contributed by atoms with Gasteiger partial charge < -0.3 is 0 Å². The molecule has 0 unspecified atom stereocenters. The van der Waals surface area contributed by atoms with E-state index in [0.717, 1.165) is 5.56 Å². The molecule has 0 aromatic heterocycles. The fraction of sp³-hybridized carbons (Fsp3) is 0.0667. The zero-order valence-corrected chi connectivity index (χ0v) is 9.26. The van der Waals surface area contributed by atoms with Gasteiger partial charge in [-0.05, 0) is 17.7 Å². The molecular weight excluding hydrogens is 210 g/mol. The summed E-state index contributed by atoms with van der Waals surface area (Å²) in [6.07, 6.45) is 0.333. The van der Waals surface area contributed by atoms with Crippen LogP contribution in [0.25, 0.3) is 0 Å². The molecule has 0 aliphatic rings. The molecule has 2 nitrogen and oxygen atoms in total. The van der Waals surface area contributed by atoms with E-state index in [4.69, 9.17) is 5.26 Å². The van der Waals surface area contributed by atoms with Crippen molar-refractivity contribution in [3.63, 3.8) is 0 Å². The average Bonchev–Trinajstić information content (AvgIpc) is 2.40. The molecule has 0 bridgehead atoms. The maximum Gasteiger partial charge on any atom is 0.167 e.